The van der Waals surface area contributed by atoms with Crippen LogP contribution in [0, 0.1) is 5.92 Å². The molecule has 0 spiro atoms. The SMILES string of the molecule is CCC(=O)C1(c2cccc(Br)c2)CC(C)C1. The summed E-state index contributed by atoms with van der Waals surface area (Å²) in [5.41, 5.74) is 1.00. The number of Topliss-reactive ketones (excluding diaryl/α,β-unsaturated/α-hetero) is 1. The molecule has 0 aliphatic heterocycles. The van der Waals surface area contributed by atoms with E-state index in [0.29, 0.717) is 18.1 Å². The van der Waals surface area contributed by atoms with Gasteiger partial charge in [-0.2, -0.15) is 0 Å². The van der Waals surface area contributed by atoms with Crippen LogP contribution in [-0.4, -0.2) is 5.78 Å². The van der Waals surface area contributed by atoms with Crippen molar-refractivity contribution in [2.75, 3.05) is 0 Å². The zero-order chi connectivity index (χ0) is 11.8. The lowest BCUT2D eigenvalue weighted by atomic mass is 9.56. The highest BCUT2D eigenvalue weighted by molar-refractivity contribution is 9.10. The molecule has 1 aromatic rings. The van der Waals surface area contributed by atoms with Crippen LogP contribution < -0.4 is 0 Å². The van der Waals surface area contributed by atoms with Gasteiger partial charge in [-0.15, -0.1) is 0 Å². The summed E-state index contributed by atoms with van der Waals surface area (Å²) in [6.07, 6.45) is 2.66. The molecule has 1 saturated carbocycles. The van der Waals surface area contributed by atoms with Crippen molar-refractivity contribution in [1.82, 2.24) is 0 Å². The molecule has 2 heteroatoms. The van der Waals surface area contributed by atoms with Crippen LogP contribution in [0.4, 0.5) is 0 Å². The average molecular weight is 281 g/mol. The maximum absolute atomic E-state index is 12.2. The van der Waals surface area contributed by atoms with Crippen LogP contribution in [0.15, 0.2) is 28.7 Å². The first-order chi connectivity index (χ1) is 7.58. The van der Waals surface area contributed by atoms with Crippen molar-refractivity contribution in [1.29, 1.82) is 0 Å². The highest BCUT2D eigenvalue weighted by Gasteiger charge is 2.48. The molecule has 0 unspecified atom stereocenters. The Bertz CT molecular complexity index is 405. The Labute approximate surface area is 105 Å². The monoisotopic (exact) mass is 280 g/mol. The van der Waals surface area contributed by atoms with Gasteiger partial charge in [-0.25, -0.2) is 0 Å². The van der Waals surface area contributed by atoms with Gasteiger partial charge in [-0.1, -0.05) is 41.9 Å². The van der Waals surface area contributed by atoms with Gasteiger partial charge in [0.25, 0.3) is 0 Å². The third-order valence-corrected chi connectivity index (χ3v) is 4.12. The average Bonchev–Trinajstić information content (AvgIpc) is 2.23. The van der Waals surface area contributed by atoms with Crippen molar-refractivity contribution < 1.29 is 4.79 Å². The van der Waals surface area contributed by atoms with Crippen LogP contribution in [0.25, 0.3) is 0 Å². The van der Waals surface area contributed by atoms with Crippen molar-refractivity contribution in [3.8, 4) is 0 Å². The van der Waals surface area contributed by atoms with E-state index in [1.165, 1.54) is 5.56 Å². The Morgan fingerprint density at radius 2 is 2.19 bits per heavy atom. The minimum atomic E-state index is -0.183. The fourth-order valence-electron chi connectivity index (χ4n) is 2.88. The molecule has 1 aliphatic carbocycles. The molecule has 0 radical (unpaired) electrons. The first-order valence-corrected chi connectivity index (χ1v) is 6.67. The van der Waals surface area contributed by atoms with Crippen LogP contribution in [0.3, 0.4) is 0 Å². The summed E-state index contributed by atoms with van der Waals surface area (Å²) in [5.74, 6) is 1.07. The molecule has 0 bridgehead atoms. The number of benzene rings is 1. The summed E-state index contributed by atoms with van der Waals surface area (Å²) in [7, 11) is 0. The second-order valence-electron chi connectivity index (χ2n) is 4.88. The van der Waals surface area contributed by atoms with E-state index in [1.807, 2.05) is 19.1 Å². The number of rotatable bonds is 3. The summed E-state index contributed by atoms with van der Waals surface area (Å²) in [6.45, 7) is 4.18. The third kappa shape index (κ3) is 1.84. The van der Waals surface area contributed by atoms with Crippen LogP contribution >= 0.6 is 15.9 Å². The fourth-order valence-corrected chi connectivity index (χ4v) is 3.28. The molecule has 0 atom stereocenters. The predicted molar refractivity (Wildman–Crippen MR) is 69.5 cm³/mol. The van der Waals surface area contributed by atoms with Crippen molar-refractivity contribution >= 4 is 21.7 Å². The third-order valence-electron chi connectivity index (χ3n) is 3.63. The van der Waals surface area contributed by atoms with E-state index in [0.717, 1.165) is 17.3 Å². The zero-order valence-electron chi connectivity index (χ0n) is 9.79. The second-order valence-corrected chi connectivity index (χ2v) is 5.80. The number of halogens is 1. The Morgan fingerprint density at radius 1 is 1.50 bits per heavy atom. The molecule has 0 amide bonds. The van der Waals surface area contributed by atoms with E-state index >= 15 is 0 Å². The molecule has 1 nitrogen and oxygen atoms in total. The predicted octanol–water partition coefficient (Wildman–Crippen LogP) is 4.10. The molecule has 86 valence electrons. The smallest absolute Gasteiger partial charge is 0.143 e. The lowest BCUT2D eigenvalue weighted by Crippen LogP contribution is -2.46. The first kappa shape index (κ1) is 11.8. The van der Waals surface area contributed by atoms with Gasteiger partial charge in [0.1, 0.15) is 5.78 Å². The van der Waals surface area contributed by atoms with Gasteiger partial charge < -0.3 is 0 Å². The number of ketones is 1. The lowest BCUT2D eigenvalue weighted by Gasteiger charge is -2.45. The molecule has 2 rings (SSSR count). The highest BCUT2D eigenvalue weighted by atomic mass is 79.9. The maximum atomic E-state index is 12.2. The molecule has 1 fully saturated rings. The molecule has 0 saturated heterocycles. The molecule has 0 aromatic heterocycles. The standard InChI is InChI=1S/C14H17BrO/c1-3-13(16)14(8-10(2)9-14)11-5-4-6-12(15)7-11/h4-7,10H,3,8-9H2,1-2H3. The van der Waals surface area contributed by atoms with Gasteiger partial charge in [0, 0.05) is 10.9 Å². The summed E-state index contributed by atoms with van der Waals surface area (Å²) in [5, 5.41) is 0. The number of carbonyl (C=O) groups is 1. The number of hydrogen-bond donors (Lipinski definition) is 0. The highest BCUT2D eigenvalue weighted by Crippen LogP contribution is 2.49. The Balaban J connectivity index is 2.37. The van der Waals surface area contributed by atoms with Crippen molar-refractivity contribution in [2.45, 2.75) is 38.5 Å². The van der Waals surface area contributed by atoms with Gasteiger partial charge in [0.2, 0.25) is 0 Å². The van der Waals surface area contributed by atoms with Gasteiger partial charge in [-0.3, -0.25) is 4.79 Å². The minimum Gasteiger partial charge on any atom is -0.299 e. The Morgan fingerprint density at radius 3 is 2.69 bits per heavy atom. The van der Waals surface area contributed by atoms with E-state index in [-0.39, 0.29) is 5.41 Å². The molecule has 1 aromatic carbocycles. The molecule has 16 heavy (non-hydrogen) atoms. The van der Waals surface area contributed by atoms with E-state index < -0.39 is 0 Å². The fraction of sp³-hybridized carbons (Fsp3) is 0.500. The number of hydrogen-bond acceptors (Lipinski definition) is 1. The van der Waals surface area contributed by atoms with Gasteiger partial charge in [0.15, 0.2) is 0 Å². The minimum absolute atomic E-state index is 0.183. The molecule has 0 N–H and O–H groups in total. The van der Waals surface area contributed by atoms with Gasteiger partial charge >= 0.3 is 0 Å². The van der Waals surface area contributed by atoms with E-state index in [1.54, 1.807) is 0 Å². The lowest BCUT2D eigenvalue weighted by molar-refractivity contribution is -0.129. The number of carbonyl (C=O) groups excluding carboxylic acids is 1. The summed E-state index contributed by atoms with van der Waals surface area (Å²) < 4.78 is 1.06. The van der Waals surface area contributed by atoms with Crippen LogP contribution in [-0.2, 0) is 10.2 Å². The summed E-state index contributed by atoms with van der Waals surface area (Å²) >= 11 is 3.48. The topological polar surface area (TPSA) is 17.1 Å². The van der Waals surface area contributed by atoms with E-state index in [4.69, 9.17) is 0 Å². The van der Waals surface area contributed by atoms with Crippen LogP contribution in [0.1, 0.15) is 38.7 Å². The molecular formula is C14H17BrO. The largest absolute Gasteiger partial charge is 0.299 e. The van der Waals surface area contributed by atoms with E-state index in [9.17, 15) is 4.79 Å². The van der Waals surface area contributed by atoms with Gasteiger partial charge in [-0.05, 0) is 36.5 Å². The Kier molecular flexibility index (Phi) is 3.20. The second kappa shape index (κ2) is 4.33. The summed E-state index contributed by atoms with van der Waals surface area (Å²) in [4.78, 5) is 12.2. The normalized spacial score (nSPS) is 28.6. The van der Waals surface area contributed by atoms with Gasteiger partial charge in [0.05, 0.1) is 5.41 Å². The van der Waals surface area contributed by atoms with Crippen LogP contribution in [0.5, 0.6) is 0 Å². The zero-order valence-corrected chi connectivity index (χ0v) is 11.4. The van der Waals surface area contributed by atoms with Crippen molar-refractivity contribution in [3.63, 3.8) is 0 Å². The van der Waals surface area contributed by atoms with Crippen LogP contribution in [0.2, 0.25) is 0 Å². The van der Waals surface area contributed by atoms with Crippen molar-refractivity contribution in [2.24, 2.45) is 5.92 Å². The Hall–Kier alpha value is -0.630. The molecular weight excluding hydrogens is 264 g/mol. The van der Waals surface area contributed by atoms with E-state index in [2.05, 4.69) is 35.0 Å². The summed E-state index contributed by atoms with van der Waals surface area (Å²) in [6, 6.07) is 8.21. The quantitative estimate of drug-likeness (QED) is 0.815. The first-order valence-electron chi connectivity index (χ1n) is 5.88. The molecule has 0 heterocycles. The van der Waals surface area contributed by atoms with Crippen molar-refractivity contribution in [3.05, 3.63) is 34.3 Å². The maximum Gasteiger partial charge on any atom is 0.143 e. The molecule has 1 aliphatic rings.